The van der Waals surface area contributed by atoms with E-state index in [1.807, 2.05) is 43.3 Å². The maximum absolute atomic E-state index is 12.9. The second kappa shape index (κ2) is 7.87. The summed E-state index contributed by atoms with van der Waals surface area (Å²) in [6, 6.07) is 15.1. The Morgan fingerprint density at radius 1 is 1.07 bits per heavy atom. The molecule has 0 aliphatic carbocycles. The molecule has 148 valence electrons. The van der Waals surface area contributed by atoms with Gasteiger partial charge in [-0.1, -0.05) is 12.1 Å². The van der Waals surface area contributed by atoms with Crippen LogP contribution in [0, 0.1) is 0 Å². The first kappa shape index (κ1) is 18.9. The molecule has 0 N–H and O–H groups in total. The molecule has 1 aromatic heterocycles. The summed E-state index contributed by atoms with van der Waals surface area (Å²) < 4.78 is 1.69. The SMILES string of the molecule is C[C@H](c1ccc(-n2cncn2)cc1)N(C)C(=O)c1ccc(N2CCCC2=O)cc1. The van der Waals surface area contributed by atoms with E-state index >= 15 is 0 Å². The van der Waals surface area contributed by atoms with Gasteiger partial charge in [0.15, 0.2) is 0 Å². The standard InChI is InChI=1S/C22H23N5O2/c1-16(17-5-11-20(12-6-17)27-15-23-14-24-27)25(2)22(29)18-7-9-19(10-8-18)26-13-3-4-21(26)28/h5-12,14-16H,3-4,13H2,1-2H3/t16-/m1/s1. The van der Waals surface area contributed by atoms with Crippen LogP contribution in [0.2, 0.25) is 0 Å². The average Bonchev–Trinajstić information content (AvgIpc) is 3.44. The van der Waals surface area contributed by atoms with Gasteiger partial charge in [-0.25, -0.2) is 9.67 Å². The van der Waals surface area contributed by atoms with E-state index in [-0.39, 0.29) is 17.9 Å². The van der Waals surface area contributed by atoms with E-state index in [0.29, 0.717) is 12.0 Å². The van der Waals surface area contributed by atoms with Crippen molar-refractivity contribution in [3.8, 4) is 5.69 Å². The van der Waals surface area contributed by atoms with Crippen molar-refractivity contribution in [3.63, 3.8) is 0 Å². The van der Waals surface area contributed by atoms with Crippen molar-refractivity contribution in [1.29, 1.82) is 0 Å². The van der Waals surface area contributed by atoms with Crippen molar-refractivity contribution in [3.05, 3.63) is 72.3 Å². The Morgan fingerprint density at radius 3 is 2.34 bits per heavy atom. The van der Waals surface area contributed by atoms with E-state index in [4.69, 9.17) is 0 Å². The van der Waals surface area contributed by atoms with E-state index in [2.05, 4.69) is 10.1 Å². The first-order valence-corrected chi connectivity index (χ1v) is 9.67. The quantitative estimate of drug-likeness (QED) is 0.672. The van der Waals surface area contributed by atoms with Crippen LogP contribution in [0.5, 0.6) is 0 Å². The van der Waals surface area contributed by atoms with Crippen LogP contribution in [0.1, 0.15) is 41.7 Å². The third-order valence-electron chi connectivity index (χ3n) is 5.46. The Labute approximate surface area is 169 Å². The van der Waals surface area contributed by atoms with Crippen molar-refractivity contribution < 1.29 is 9.59 Å². The number of hydrogen-bond donors (Lipinski definition) is 0. The molecule has 1 aliphatic heterocycles. The number of nitrogens with zero attached hydrogens (tertiary/aromatic N) is 5. The van der Waals surface area contributed by atoms with Gasteiger partial charge in [-0.05, 0) is 55.3 Å². The highest BCUT2D eigenvalue weighted by molar-refractivity contribution is 5.97. The van der Waals surface area contributed by atoms with Crippen molar-refractivity contribution in [1.82, 2.24) is 19.7 Å². The Balaban J connectivity index is 1.46. The van der Waals surface area contributed by atoms with Crippen LogP contribution >= 0.6 is 0 Å². The number of anilines is 1. The Bertz CT molecular complexity index is 997. The van der Waals surface area contributed by atoms with Gasteiger partial charge in [-0.15, -0.1) is 0 Å². The molecular weight excluding hydrogens is 366 g/mol. The summed E-state index contributed by atoms with van der Waals surface area (Å²) in [7, 11) is 1.80. The number of amides is 2. The Hall–Kier alpha value is -3.48. The summed E-state index contributed by atoms with van der Waals surface area (Å²) in [6.45, 7) is 2.74. The molecule has 7 heteroatoms. The molecule has 0 saturated carbocycles. The van der Waals surface area contributed by atoms with Gasteiger partial charge in [0.25, 0.3) is 5.91 Å². The Morgan fingerprint density at radius 2 is 1.76 bits per heavy atom. The van der Waals surface area contributed by atoms with Crippen LogP contribution in [-0.2, 0) is 4.79 Å². The summed E-state index contributed by atoms with van der Waals surface area (Å²) in [5.74, 6) is 0.0845. The molecule has 0 spiro atoms. The molecule has 0 radical (unpaired) electrons. The minimum absolute atomic E-state index is 0.0582. The number of benzene rings is 2. The van der Waals surface area contributed by atoms with Crippen molar-refractivity contribution in [2.45, 2.75) is 25.8 Å². The van der Waals surface area contributed by atoms with Gasteiger partial charge in [0, 0.05) is 31.3 Å². The van der Waals surface area contributed by atoms with Crippen LogP contribution in [0.25, 0.3) is 5.69 Å². The largest absolute Gasteiger partial charge is 0.335 e. The minimum Gasteiger partial charge on any atom is -0.335 e. The van der Waals surface area contributed by atoms with E-state index in [1.165, 1.54) is 6.33 Å². The zero-order valence-corrected chi connectivity index (χ0v) is 16.5. The third kappa shape index (κ3) is 3.76. The minimum atomic E-state index is -0.0906. The first-order valence-electron chi connectivity index (χ1n) is 9.67. The predicted octanol–water partition coefficient (Wildman–Crippen LogP) is 3.23. The number of aromatic nitrogens is 3. The van der Waals surface area contributed by atoms with E-state index < -0.39 is 0 Å². The fourth-order valence-corrected chi connectivity index (χ4v) is 3.56. The van der Waals surface area contributed by atoms with Crippen molar-refractivity contribution in [2.24, 2.45) is 0 Å². The predicted molar refractivity (Wildman–Crippen MR) is 110 cm³/mol. The van der Waals surface area contributed by atoms with E-state index in [0.717, 1.165) is 29.9 Å². The normalized spacial score (nSPS) is 14.8. The molecular formula is C22H23N5O2. The molecule has 2 amide bonds. The van der Waals surface area contributed by atoms with E-state index in [1.54, 1.807) is 40.0 Å². The van der Waals surface area contributed by atoms with Crippen LogP contribution in [0.4, 0.5) is 5.69 Å². The van der Waals surface area contributed by atoms with Gasteiger partial charge in [0.05, 0.1) is 11.7 Å². The summed E-state index contributed by atoms with van der Waals surface area (Å²) in [5, 5.41) is 4.12. The average molecular weight is 389 g/mol. The molecule has 0 bridgehead atoms. The van der Waals surface area contributed by atoms with Crippen molar-refractivity contribution >= 4 is 17.5 Å². The lowest BCUT2D eigenvalue weighted by Gasteiger charge is -2.26. The van der Waals surface area contributed by atoms with Gasteiger partial charge < -0.3 is 9.80 Å². The molecule has 1 fully saturated rings. The van der Waals surface area contributed by atoms with Gasteiger partial charge in [-0.2, -0.15) is 5.10 Å². The maximum Gasteiger partial charge on any atom is 0.254 e. The molecule has 4 rings (SSSR count). The first-order chi connectivity index (χ1) is 14.0. The summed E-state index contributed by atoms with van der Waals surface area (Å²) in [5.41, 5.74) is 3.40. The molecule has 1 saturated heterocycles. The number of rotatable bonds is 5. The third-order valence-corrected chi connectivity index (χ3v) is 5.46. The summed E-state index contributed by atoms with van der Waals surface area (Å²) in [4.78, 5) is 32.3. The lowest BCUT2D eigenvalue weighted by atomic mass is 10.1. The molecule has 7 nitrogen and oxygen atoms in total. The summed E-state index contributed by atoms with van der Waals surface area (Å²) in [6.07, 6.45) is 4.62. The highest BCUT2D eigenvalue weighted by Crippen LogP contribution is 2.25. The smallest absolute Gasteiger partial charge is 0.254 e. The monoisotopic (exact) mass is 389 g/mol. The lowest BCUT2D eigenvalue weighted by molar-refractivity contribution is -0.117. The molecule has 1 atom stereocenters. The zero-order valence-electron chi connectivity index (χ0n) is 16.5. The van der Waals surface area contributed by atoms with Gasteiger partial charge in [0.1, 0.15) is 12.7 Å². The van der Waals surface area contributed by atoms with E-state index in [9.17, 15) is 9.59 Å². The molecule has 29 heavy (non-hydrogen) atoms. The maximum atomic E-state index is 12.9. The molecule has 3 aromatic rings. The van der Waals surface area contributed by atoms with Gasteiger partial charge in [0.2, 0.25) is 5.91 Å². The Kier molecular flexibility index (Phi) is 5.12. The van der Waals surface area contributed by atoms with Crippen LogP contribution < -0.4 is 4.90 Å². The molecule has 2 heterocycles. The number of carbonyl (C=O) groups is 2. The fourth-order valence-electron chi connectivity index (χ4n) is 3.56. The number of carbonyl (C=O) groups excluding carboxylic acids is 2. The topological polar surface area (TPSA) is 71.3 Å². The highest BCUT2D eigenvalue weighted by atomic mass is 16.2. The van der Waals surface area contributed by atoms with Gasteiger partial charge >= 0.3 is 0 Å². The number of hydrogen-bond acceptors (Lipinski definition) is 4. The fraction of sp³-hybridized carbons (Fsp3) is 0.273. The summed E-state index contributed by atoms with van der Waals surface area (Å²) >= 11 is 0. The van der Waals surface area contributed by atoms with Crippen LogP contribution in [0.3, 0.4) is 0 Å². The lowest BCUT2D eigenvalue weighted by Crippen LogP contribution is -2.30. The van der Waals surface area contributed by atoms with Crippen LogP contribution in [0.15, 0.2) is 61.2 Å². The zero-order chi connectivity index (χ0) is 20.4. The second-order valence-corrected chi connectivity index (χ2v) is 7.22. The molecule has 1 aliphatic rings. The highest BCUT2D eigenvalue weighted by Gasteiger charge is 2.23. The molecule has 0 unspecified atom stereocenters. The second-order valence-electron chi connectivity index (χ2n) is 7.22. The van der Waals surface area contributed by atoms with Gasteiger partial charge in [-0.3, -0.25) is 9.59 Å². The molecule has 2 aromatic carbocycles. The van der Waals surface area contributed by atoms with Crippen LogP contribution in [-0.4, -0.2) is 45.1 Å². The van der Waals surface area contributed by atoms with Crippen molar-refractivity contribution in [2.75, 3.05) is 18.5 Å².